The van der Waals surface area contributed by atoms with Crippen molar-refractivity contribution < 1.29 is 23.4 Å². The van der Waals surface area contributed by atoms with Gasteiger partial charge in [-0.15, -0.1) is 0 Å². The monoisotopic (exact) mass is 531 g/mol. The smallest absolute Gasteiger partial charge is 0.232 e. The number of anilines is 2. The van der Waals surface area contributed by atoms with Crippen LogP contribution >= 0.6 is 0 Å². The van der Waals surface area contributed by atoms with Gasteiger partial charge in [0.2, 0.25) is 5.71 Å². The molecule has 1 N–H and O–H groups in total. The molecule has 0 amide bonds. The lowest BCUT2D eigenvalue weighted by molar-refractivity contribution is -0.169. The molecule has 3 aromatic heterocycles. The minimum atomic E-state index is -0.431. The standard InChI is InChI=1S/C29H30FN5O4/c30-21-4-1-19(2-5-21)24-25-27(35-11-7-22(36)8-12-35)32-18-33-28(25)39-26(24)20-3-6-23(31-17-20)34-13-9-29(10-14-34)37-15-16-38-29/h1-6,17-18,22,36H,7-16H2. The molecule has 0 atom stereocenters. The molecule has 3 aliphatic heterocycles. The first kappa shape index (κ1) is 24.4. The highest BCUT2D eigenvalue weighted by atomic mass is 19.1. The second-order valence-electron chi connectivity index (χ2n) is 10.4. The van der Waals surface area contributed by atoms with Crippen LogP contribution in [0.5, 0.6) is 0 Å². The third-order valence-electron chi connectivity index (χ3n) is 8.04. The van der Waals surface area contributed by atoms with Crippen LogP contribution in [0.25, 0.3) is 33.6 Å². The van der Waals surface area contributed by atoms with E-state index in [1.165, 1.54) is 18.5 Å². The molecule has 3 fully saturated rings. The Morgan fingerprint density at radius 2 is 1.56 bits per heavy atom. The SMILES string of the molecule is OC1CCN(c2ncnc3oc(-c4ccc(N5CCC6(CC5)OCCO6)nc4)c(-c4ccc(F)cc4)c23)CC1. The first-order chi connectivity index (χ1) is 19.1. The summed E-state index contributed by atoms with van der Waals surface area (Å²) in [4.78, 5) is 18.3. The van der Waals surface area contributed by atoms with E-state index >= 15 is 0 Å². The predicted octanol–water partition coefficient (Wildman–Crippen LogP) is 4.40. The van der Waals surface area contributed by atoms with Crippen molar-refractivity contribution in [3.05, 3.63) is 54.7 Å². The van der Waals surface area contributed by atoms with Crippen LogP contribution in [-0.2, 0) is 9.47 Å². The predicted molar refractivity (Wildman–Crippen MR) is 144 cm³/mol. The van der Waals surface area contributed by atoms with Crippen LogP contribution < -0.4 is 9.80 Å². The zero-order valence-electron chi connectivity index (χ0n) is 21.6. The number of ether oxygens (including phenoxy) is 2. The third-order valence-corrected chi connectivity index (χ3v) is 8.04. The van der Waals surface area contributed by atoms with Crippen molar-refractivity contribution >= 4 is 22.7 Å². The number of aliphatic hydroxyl groups excluding tert-OH is 1. The minimum Gasteiger partial charge on any atom is -0.437 e. The molecule has 3 saturated heterocycles. The van der Waals surface area contributed by atoms with Crippen molar-refractivity contribution in [2.75, 3.05) is 49.2 Å². The molecule has 39 heavy (non-hydrogen) atoms. The van der Waals surface area contributed by atoms with Crippen LogP contribution in [0.2, 0.25) is 0 Å². The van der Waals surface area contributed by atoms with E-state index < -0.39 is 5.79 Å². The molecule has 9 nitrogen and oxygen atoms in total. The molecule has 3 aliphatic rings. The summed E-state index contributed by atoms with van der Waals surface area (Å²) in [7, 11) is 0. The molecule has 202 valence electrons. The summed E-state index contributed by atoms with van der Waals surface area (Å²) < 4.78 is 32.0. The molecule has 0 bridgehead atoms. The van der Waals surface area contributed by atoms with E-state index in [2.05, 4.69) is 19.8 Å². The number of hydrogen-bond acceptors (Lipinski definition) is 9. The van der Waals surface area contributed by atoms with Crippen LogP contribution in [0, 0.1) is 5.82 Å². The quantitative estimate of drug-likeness (QED) is 0.411. The van der Waals surface area contributed by atoms with Gasteiger partial charge in [0.1, 0.15) is 29.5 Å². The molecule has 0 saturated carbocycles. The van der Waals surface area contributed by atoms with Crippen molar-refractivity contribution in [2.24, 2.45) is 0 Å². The fourth-order valence-electron chi connectivity index (χ4n) is 5.90. The lowest BCUT2D eigenvalue weighted by Crippen LogP contribution is -2.45. The Kier molecular flexibility index (Phi) is 6.18. The van der Waals surface area contributed by atoms with Crippen LogP contribution in [0.1, 0.15) is 25.7 Å². The molecular formula is C29H30FN5O4. The van der Waals surface area contributed by atoms with Gasteiger partial charge in [-0.3, -0.25) is 0 Å². The van der Waals surface area contributed by atoms with Crippen LogP contribution in [0.3, 0.4) is 0 Å². The van der Waals surface area contributed by atoms with Gasteiger partial charge >= 0.3 is 0 Å². The van der Waals surface area contributed by atoms with Gasteiger partial charge in [0.05, 0.1) is 24.7 Å². The maximum Gasteiger partial charge on any atom is 0.232 e. The molecule has 1 spiro atoms. The van der Waals surface area contributed by atoms with Gasteiger partial charge in [-0.2, -0.15) is 0 Å². The Hall–Kier alpha value is -3.60. The van der Waals surface area contributed by atoms with E-state index in [9.17, 15) is 9.50 Å². The van der Waals surface area contributed by atoms with Crippen molar-refractivity contribution in [3.8, 4) is 22.5 Å². The Morgan fingerprint density at radius 3 is 2.26 bits per heavy atom. The molecule has 10 heteroatoms. The van der Waals surface area contributed by atoms with Crippen molar-refractivity contribution in [3.63, 3.8) is 0 Å². The topological polar surface area (TPSA) is 97.0 Å². The molecule has 4 aromatic rings. The second kappa shape index (κ2) is 9.86. The summed E-state index contributed by atoms with van der Waals surface area (Å²) >= 11 is 0. The maximum absolute atomic E-state index is 13.9. The number of piperidine rings is 2. The average molecular weight is 532 g/mol. The van der Waals surface area contributed by atoms with Gasteiger partial charge in [0.25, 0.3) is 0 Å². The zero-order chi connectivity index (χ0) is 26.4. The van der Waals surface area contributed by atoms with E-state index in [0.717, 1.165) is 59.6 Å². The highest BCUT2D eigenvalue weighted by molar-refractivity contribution is 6.06. The fourth-order valence-corrected chi connectivity index (χ4v) is 5.90. The number of benzene rings is 1. The third kappa shape index (κ3) is 4.52. The van der Waals surface area contributed by atoms with Gasteiger partial charge in [-0.25, -0.2) is 19.3 Å². The lowest BCUT2D eigenvalue weighted by Gasteiger charge is -2.38. The Morgan fingerprint density at radius 1 is 0.846 bits per heavy atom. The summed E-state index contributed by atoms with van der Waals surface area (Å²) in [5, 5.41) is 10.8. The molecule has 7 rings (SSSR count). The molecule has 0 unspecified atom stereocenters. The summed E-state index contributed by atoms with van der Waals surface area (Å²) in [5.74, 6) is 1.51. The van der Waals surface area contributed by atoms with E-state index in [4.69, 9.17) is 18.9 Å². The zero-order valence-corrected chi connectivity index (χ0v) is 21.6. The largest absolute Gasteiger partial charge is 0.437 e. The molecular weight excluding hydrogens is 501 g/mol. The van der Waals surface area contributed by atoms with Crippen LogP contribution in [-0.4, -0.2) is 71.3 Å². The van der Waals surface area contributed by atoms with Crippen LogP contribution in [0.15, 0.2) is 53.3 Å². The number of aliphatic hydroxyl groups is 1. The Balaban J connectivity index is 1.26. The number of fused-ring (bicyclic) bond motifs is 1. The first-order valence-corrected chi connectivity index (χ1v) is 13.5. The number of rotatable bonds is 4. The first-order valence-electron chi connectivity index (χ1n) is 13.5. The van der Waals surface area contributed by atoms with Gasteiger partial charge in [-0.1, -0.05) is 12.1 Å². The summed E-state index contributed by atoms with van der Waals surface area (Å²) in [6.07, 6.45) is 5.98. The highest BCUT2D eigenvalue weighted by Crippen LogP contribution is 2.44. The molecule has 0 radical (unpaired) electrons. The minimum absolute atomic E-state index is 0.302. The number of nitrogens with zero attached hydrogens (tertiary/aromatic N) is 5. The van der Waals surface area contributed by atoms with Crippen molar-refractivity contribution in [1.82, 2.24) is 15.0 Å². The van der Waals surface area contributed by atoms with E-state index in [-0.39, 0.29) is 11.9 Å². The van der Waals surface area contributed by atoms with Gasteiger partial charge < -0.3 is 28.8 Å². The van der Waals surface area contributed by atoms with Gasteiger partial charge in [0.15, 0.2) is 5.79 Å². The van der Waals surface area contributed by atoms with Crippen molar-refractivity contribution in [1.29, 1.82) is 0 Å². The molecule has 1 aromatic carbocycles. The number of aromatic nitrogens is 3. The lowest BCUT2D eigenvalue weighted by atomic mass is 9.99. The van der Waals surface area contributed by atoms with E-state index in [1.807, 2.05) is 18.3 Å². The number of pyridine rings is 1. The van der Waals surface area contributed by atoms with Crippen molar-refractivity contribution in [2.45, 2.75) is 37.6 Å². The summed E-state index contributed by atoms with van der Waals surface area (Å²) in [6, 6.07) is 10.4. The number of hydrogen-bond donors (Lipinski definition) is 1. The fraction of sp³-hybridized carbons (Fsp3) is 0.414. The summed E-state index contributed by atoms with van der Waals surface area (Å²) in [6.45, 7) is 4.29. The number of furan rings is 1. The van der Waals surface area contributed by atoms with E-state index in [1.54, 1.807) is 12.1 Å². The molecule has 6 heterocycles. The van der Waals surface area contributed by atoms with Crippen LogP contribution in [0.4, 0.5) is 16.0 Å². The Bertz CT molecular complexity index is 1450. The average Bonchev–Trinajstić information content (AvgIpc) is 3.59. The number of halogens is 1. The normalized spacial score (nSPS) is 19.8. The maximum atomic E-state index is 13.9. The molecule has 0 aliphatic carbocycles. The highest BCUT2D eigenvalue weighted by Gasteiger charge is 2.40. The van der Waals surface area contributed by atoms with E-state index in [0.29, 0.717) is 50.6 Å². The second-order valence-corrected chi connectivity index (χ2v) is 10.4. The Labute approximate surface area is 225 Å². The van der Waals surface area contributed by atoms with Gasteiger partial charge in [-0.05, 0) is 42.7 Å². The summed E-state index contributed by atoms with van der Waals surface area (Å²) in [5.41, 5.74) is 2.87. The van der Waals surface area contributed by atoms with Gasteiger partial charge in [0, 0.05) is 56.3 Å².